The van der Waals surface area contributed by atoms with Crippen LogP contribution in [0.2, 0.25) is 0 Å². The van der Waals surface area contributed by atoms with Gasteiger partial charge in [-0.3, -0.25) is 14.7 Å². The minimum absolute atomic E-state index is 0.0417. The van der Waals surface area contributed by atoms with Gasteiger partial charge in [-0.1, -0.05) is 49.6 Å². The molecular formula is C15H17NO2. The Bertz CT molecular complexity index is 453. The molecule has 0 radical (unpaired) electrons. The average Bonchev–Trinajstić information content (AvgIpc) is 2.43. The van der Waals surface area contributed by atoms with Crippen molar-refractivity contribution in [2.75, 3.05) is 13.7 Å². The number of carbonyl (C=O) groups excluding carboxylic acids is 1. The van der Waals surface area contributed by atoms with Crippen molar-refractivity contribution in [1.82, 2.24) is 5.06 Å². The summed E-state index contributed by atoms with van der Waals surface area (Å²) in [7, 11) is 1.58. The SMILES string of the molecule is C=C/C=C\C(=C/C=C)C(=O)C1=CCN(OC)C=C1. The maximum absolute atomic E-state index is 12.2. The maximum atomic E-state index is 12.2. The summed E-state index contributed by atoms with van der Waals surface area (Å²) in [4.78, 5) is 17.2. The third-order valence-corrected chi connectivity index (χ3v) is 2.38. The first kappa shape index (κ1) is 13.9. The number of ketones is 1. The molecular weight excluding hydrogens is 226 g/mol. The molecule has 0 unspecified atom stereocenters. The second kappa shape index (κ2) is 7.25. The molecule has 0 fully saturated rings. The highest BCUT2D eigenvalue weighted by Crippen LogP contribution is 2.14. The first-order valence-corrected chi connectivity index (χ1v) is 5.58. The van der Waals surface area contributed by atoms with Gasteiger partial charge in [0.2, 0.25) is 0 Å². The number of hydrogen-bond donors (Lipinski definition) is 0. The molecule has 0 spiro atoms. The molecule has 0 bridgehead atoms. The molecule has 0 saturated heterocycles. The minimum Gasteiger partial charge on any atom is -0.289 e. The Labute approximate surface area is 108 Å². The summed E-state index contributed by atoms with van der Waals surface area (Å²) in [6, 6.07) is 0. The predicted molar refractivity (Wildman–Crippen MR) is 73.6 cm³/mol. The van der Waals surface area contributed by atoms with Crippen molar-refractivity contribution in [3.05, 3.63) is 73.0 Å². The van der Waals surface area contributed by atoms with Crippen LogP contribution >= 0.6 is 0 Å². The zero-order valence-electron chi connectivity index (χ0n) is 10.5. The van der Waals surface area contributed by atoms with E-state index in [-0.39, 0.29) is 5.78 Å². The predicted octanol–water partition coefficient (Wildman–Crippen LogP) is 2.73. The van der Waals surface area contributed by atoms with Gasteiger partial charge in [-0.05, 0) is 6.08 Å². The van der Waals surface area contributed by atoms with Crippen LogP contribution < -0.4 is 0 Å². The number of rotatable bonds is 6. The molecule has 0 saturated carbocycles. The number of carbonyl (C=O) groups is 1. The fraction of sp³-hybridized carbons (Fsp3) is 0.133. The third kappa shape index (κ3) is 3.71. The summed E-state index contributed by atoms with van der Waals surface area (Å²) in [5.41, 5.74) is 1.22. The summed E-state index contributed by atoms with van der Waals surface area (Å²) in [5, 5.41) is 1.63. The molecule has 94 valence electrons. The van der Waals surface area contributed by atoms with Crippen LogP contribution in [0.15, 0.2) is 73.0 Å². The Balaban J connectivity index is 2.86. The highest BCUT2D eigenvalue weighted by Gasteiger charge is 2.13. The van der Waals surface area contributed by atoms with Crippen LogP contribution in [0, 0.1) is 0 Å². The van der Waals surface area contributed by atoms with E-state index in [1.807, 2.05) is 6.08 Å². The van der Waals surface area contributed by atoms with Gasteiger partial charge in [0.25, 0.3) is 0 Å². The Kier molecular flexibility index (Phi) is 5.61. The van der Waals surface area contributed by atoms with E-state index in [0.717, 1.165) is 0 Å². The lowest BCUT2D eigenvalue weighted by molar-refractivity contribution is -0.112. The molecule has 1 aliphatic heterocycles. The van der Waals surface area contributed by atoms with Gasteiger partial charge in [0.1, 0.15) is 0 Å². The fourth-order valence-corrected chi connectivity index (χ4v) is 1.46. The van der Waals surface area contributed by atoms with E-state index in [9.17, 15) is 4.79 Å². The van der Waals surface area contributed by atoms with E-state index in [4.69, 9.17) is 4.84 Å². The Morgan fingerprint density at radius 1 is 1.44 bits per heavy atom. The van der Waals surface area contributed by atoms with Gasteiger partial charge in [0.05, 0.1) is 13.7 Å². The standard InChI is InChI=1S/C15H17NO2/c1-4-6-8-13(7-5-2)15(17)14-9-11-16(18-3)12-10-14/h4-11H,1-2,12H2,3H3/b8-6-,13-7+. The lowest BCUT2D eigenvalue weighted by Crippen LogP contribution is -2.20. The quantitative estimate of drug-likeness (QED) is 0.530. The summed E-state index contributed by atoms with van der Waals surface area (Å²) in [6.07, 6.45) is 13.6. The number of hydrogen-bond acceptors (Lipinski definition) is 3. The van der Waals surface area contributed by atoms with E-state index in [0.29, 0.717) is 17.7 Å². The first-order valence-electron chi connectivity index (χ1n) is 5.58. The molecule has 1 aliphatic rings. The van der Waals surface area contributed by atoms with E-state index in [1.54, 1.807) is 54.8 Å². The van der Waals surface area contributed by atoms with Crippen LogP contribution in [0.4, 0.5) is 0 Å². The van der Waals surface area contributed by atoms with Crippen molar-refractivity contribution in [3.63, 3.8) is 0 Å². The Morgan fingerprint density at radius 3 is 2.72 bits per heavy atom. The number of Topliss-reactive ketones (excluding diaryl/α,β-unsaturated/α-hetero) is 1. The Morgan fingerprint density at radius 2 is 2.22 bits per heavy atom. The van der Waals surface area contributed by atoms with Gasteiger partial charge in [-0.15, -0.1) is 0 Å². The van der Waals surface area contributed by atoms with Crippen LogP contribution in [0.25, 0.3) is 0 Å². The molecule has 0 aromatic heterocycles. The van der Waals surface area contributed by atoms with Crippen molar-refractivity contribution < 1.29 is 9.63 Å². The monoisotopic (exact) mass is 243 g/mol. The summed E-state index contributed by atoms with van der Waals surface area (Å²) in [6.45, 7) is 7.75. The average molecular weight is 243 g/mol. The number of hydroxylamine groups is 2. The molecule has 1 rings (SSSR count). The molecule has 18 heavy (non-hydrogen) atoms. The van der Waals surface area contributed by atoms with Crippen molar-refractivity contribution in [3.8, 4) is 0 Å². The van der Waals surface area contributed by atoms with Crippen LogP contribution in [0.3, 0.4) is 0 Å². The zero-order chi connectivity index (χ0) is 13.4. The lowest BCUT2D eigenvalue weighted by Gasteiger charge is -2.19. The van der Waals surface area contributed by atoms with Crippen LogP contribution in [0.5, 0.6) is 0 Å². The maximum Gasteiger partial charge on any atom is 0.192 e. The second-order valence-electron chi connectivity index (χ2n) is 3.54. The van der Waals surface area contributed by atoms with Crippen molar-refractivity contribution in [1.29, 1.82) is 0 Å². The second-order valence-corrected chi connectivity index (χ2v) is 3.54. The normalized spacial score (nSPS) is 15.7. The third-order valence-electron chi connectivity index (χ3n) is 2.38. The van der Waals surface area contributed by atoms with Crippen LogP contribution in [0.1, 0.15) is 0 Å². The van der Waals surface area contributed by atoms with Crippen molar-refractivity contribution in [2.45, 2.75) is 0 Å². The van der Waals surface area contributed by atoms with Crippen LogP contribution in [-0.2, 0) is 9.63 Å². The number of nitrogens with zero attached hydrogens (tertiary/aromatic N) is 1. The Hall–Kier alpha value is -2.13. The minimum atomic E-state index is -0.0417. The summed E-state index contributed by atoms with van der Waals surface area (Å²) < 4.78 is 0. The molecule has 1 heterocycles. The van der Waals surface area contributed by atoms with E-state index < -0.39 is 0 Å². The van der Waals surface area contributed by atoms with Gasteiger partial charge in [-0.2, -0.15) is 0 Å². The molecule has 0 aromatic rings. The highest BCUT2D eigenvalue weighted by molar-refractivity contribution is 6.12. The summed E-state index contributed by atoms with van der Waals surface area (Å²) >= 11 is 0. The van der Waals surface area contributed by atoms with E-state index in [1.165, 1.54) is 0 Å². The smallest absolute Gasteiger partial charge is 0.192 e. The number of allylic oxidation sites excluding steroid dienone is 8. The van der Waals surface area contributed by atoms with E-state index in [2.05, 4.69) is 13.2 Å². The lowest BCUT2D eigenvalue weighted by atomic mass is 10.0. The molecule has 0 amide bonds. The molecule has 0 aromatic carbocycles. The molecule has 0 atom stereocenters. The van der Waals surface area contributed by atoms with Gasteiger partial charge in [-0.25, -0.2) is 0 Å². The topological polar surface area (TPSA) is 29.5 Å². The van der Waals surface area contributed by atoms with Gasteiger partial charge >= 0.3 is 0 Å². The van der Waals surface area contributed by atoms with Gasteiger partial charge < -0.3 is 0 Å². The first-order chi connectivity index (χ1) is 8.72. The summed E-state index contributed by atoms with van der Waals surface area (Å²) in [5.74, 6) is -0.0417. The van der Waals surface area contributed by atoms with Crippen molar-refractivity contribution in [2.24, 2.45) is 0 Å². The molecule has 0 aliphatic carbocycles. The van der Waals surface area contributed by atoms with Crippen molar-refractivity contribution >= 4 is 5.78 Å². The molecule has 3 heteroatoms. The fourth-order valence-electron chi connectivity index (χ4n) is 1.46. The molecule has 3 nitrogen and oxygen atoms in total. The zero-order valence-corrected chi connectivity index (χ0v) is 10.5. The van der Waals surface area contributed by atoms with Gasteiger partial charge in [0.15, 0.2) is 5.78 Å². The highest BCUT2D eigenvalue weighted by atomic mass is 16.7. The van der Waals surface area contributed by atoms with E-state index >= 15 is 0 Å². The largest absolute Gasteiger partial charge is 0.289 e. The van der Waals surface area contributed by atoms with Crippen LogP contribution in [-0.4, -0.2) is 24.5 Å². The van der Waals surface area contributed by atoms with Gasteiger partial charge in [0, 0.05) is 17.3 Å². The molecule has 0 N–H and O–H groups in total.